The van der Waals surface area contributed by atoms with Gasteiger partial charge in [0.1, 0.15) is 0 Å². The second kappa shape index (κ2) is 9.02. The molecule has 0 N–H and O–H groups in total. The zero-order valence-electron chi connectivity index (χ0n) is 14.3. The summed E-state index contributed by atoms with van der Waals surface area (Å²) in [7, 11) is 2.04. The fraction of sp³-hybridized carbons (Fsp3) is 0.529. The molecule has 0 bridgehead atoms. The van der Waals surface area contributed by atoms with E-state index in [4.69, 9.17) is 0 Å². The van der Waals surface area contributed by atoms with Crippen molar-refractivity contribution >= 4 is 11.8 Å². The molecule has 0 aromatic carbocycles. The molecule has 0 spiro atoms. The van der Waals surface area contributed by atoms with Crippen LogP contribution in [0.15, 0.2) is 30.7 Å². The van der Waals surface area contributed by atoms with Crippen LogP contribution in [0.2, 0.25) is 0 Å². The van der Waals surface area contributed by atoms with Crippen molar-refractivity contribution in [3.8, 4) is 0 Å². The molecule has 0 fully saturated rings. The fourth-order valence-electron chi connectivity index (χ4n) is 2.42. The van der Waals surface area contributed by atoms with Crippen molar-refractivity contribution in [3.05, 3.63) is 36.3 Å². The highest BCUT2D eigenvalue weighted by Gasteiger charge is 2.11. The smallest absolute Gasteiger partial charge is 0.247 e. The molecule has 0 aliphatic heterocycles. The van der Waals surface area contributed by atoms with Crippen molar-refractivity contribution in [1.29, 1.82) is 0 Å². The van der Waals surface area contributed by atoms with Gasteiger partial charge in [-0.3, -0.25) is 4.98 Å². The van der Waals surface area contributed by atoms with Crippen LogP contribution in [0, 0.1) is 0 Å². The van der Waals surface area contributed by atoms with Gasteiger partial charge in [-0.15, -0.1) is 5.10 Å². The molecule has 0 unspecified atom stereocenters. The van der Waals surface area contributed by atoms with E-state index in [0.717, 1.165) is 50.7 Å². The van der Waals surface area contributed by atoms with E-state index in [9.17, 15) is 0 Å². The van der Waals surface area contributed by atoms with Gasteiger partial charge >= 0.3 is 0 Å². The number of hydrogen-bond acceptors (Lipinski definition) is 6. The zero-order valence-corrected chi connectivity index (χ0v) is 14.3. The lowest BCUT2D eigenvalue weighted by Gasteiger charge is -2.23. The Morgan fingerprint density at radius 3 is 2.35 bits per heavy atom. The largest absolute Gasteiger partial charge is 0.358 e. The van der Waals surface area contributed by atoms with E-state index >= 15 is 0 Å². The molecular weight excluding hydrogens is 288 g/mol. The first-order valence-corrected chi connectivity index (χ1v) is 8.29. The number of hydrogen-bond donors (Lipinski definition) is 0. The molecule has 0 amide bonds. The van der Waals surface area contributed by atoms with Crippen LogP contribution in [0.25, 0.3) is 0 Å². The molecule has 0 saturated carbocycles. The Morgan fingerprint density at radius 1 is 1.00 bits per heavy atom. The SMILES string of the molecule is CCCN(CCC)c1nncc(N(C)CCc2ccncc2)n1. The maximum Gasteiger partial charge on any atom is 0.247 e. The topological polar surface area (TPSA) is 58.0 Å². The Labute approximate surface area is 138 Å². The lowest BCUT2D eigenvalue weighted by atomic mass is 10.2. The van der Waals surface area contributed by atoms with Gasteiger partial charge in [-0.25, -0.2) is 0 Å². The van der Waals surface area contributed by atoms with Gasteiger partial charge in [-0.2, -0.15) is 10.1 Å². The highest BCUT2D eigenvalue weighted by Crippen LogP contribution is 2.14. The standard InChI is InChI=1S/C17H26N6/c1-4-11-23(12-5-2)17-20-16(14-19-21-17)22(3)13-8-15-6-9-18-10-7-15/h6-7,9-10,14H,4-5,8,11-13H2,1-3H3. The van der Waals surface area contributed by atoms with E-state index in [1.807, 2.05) is 31.6 Å². The van der Waals surface area contributed by atoms with E-state index in [1.165, 1.54) is 5.56 Å². The normalized spacial score (nSPS) is 10.6. The second-order valence-corrected chi connectivity index (χ2v) is 5.63. The highest BCUT2D eigenvalue weighted by atomic mass is 15.3. The van der Waals surface area contributed by atoms with Gasteiger partial charge in [-0.1, -0.05) is 13.8 Å². The summed E-state index contributed by atoms with van der Waals surface area (Å²) < 4.78 is 0. The summed E-state index contributed by atoms with van der Waals surface area (Å²) in [5.41, 5.74) is 1.27. The van der Waals surface area contributed by atoms with Gasteiger partial charge in [0, 0.05) is 39.1 Å². The molecule has 6 nitrogen and oxygen atoms in total. The summed E-state index contributed by atoms with van der Waals surface area (Å²) >= 11 is 0. The average Bonchev–Trinajstić information content (AvgIpc) is 2.60. The molecule has 2 aromatic rings. The van der Waals surface area contributed by atoms with Gasteiger partial charge in [0.05, 0.1) is 6.20 Å². The molecule has 0 saturated heterocycles. The third kappa shape index (κ3) is 5.16. The quantitative estimate of drug-likeness (QED) is 0.709. The monoisotopic (exact) mass is 314 g/mol. The molecule has 2 rings (SSSR count). The van der Waals surface area contributed by atoms with Crippen LogP contribution in [-0.2, 0) is 6.42 Å². The molecule has 0 aliphatic rings. The van der Waals surface area contributed by atoms with Crippen molar-refractivity contribution in [2.75, 3.05) is 36.5 Å². The lowest BCUT2D eigenvalue weighted by molar-refractivity contribution is 0.706. The zero-order chi connectivity index (χ0) is 16.5. The fourth-order valence-corrected chi connectivity index (χ4v) is 2.42. The van der Waals surface area contributed by atoms with Crippen LogP contribution >= 0.6 is 0 Å². The van der Waals surface area contributed by atoms with Crippen LogP contribution in [0.3, 0.4) is 0 Å². The number of aromatic nitrogens is 4. The summed E-state index contributed by atoms with van der Waals surface area (Å²) in [6.45, 7) is 7.13. The van der Waals surface area contributed by atoms with Crippen LogP contribution in [-0.4, -0.2) is 46.8 Å². The number of pyridine rings is 1. The molecule has 2 aromatic heterocycles. The lowest BCUT2D eigenvalue weighted by Crippen LogP contribution is -2.29. The van der Waals surface area contributed by atoms with Crippen LogP contribution in [0.5, 0.6) is 0 Å². The van der Waals surface area contributed by atoms with E-state index in [-0.39, 0.29) is 0 Å². The Balaban J connectivity index is 2.02. The summed E-state index contributed by atoms with van der Waals surface area (Å²) in [6, 6.07) is 4.09. The van der Waals surface area contributed by atoms with Gasteiger partial charge in [0.15, 0.2) is 5.82 Å². The molecule has 23 heavy (non-hydrogen) atoms. The predicted molar refractivity (Wildman–Crippen MR) is 93.8 cm³/mol. The Bertz CT molecular complexity index is 568. The third-order valence-corrected chi connectivity index (χ3v) is 3.68. The first kappa shape index (κ1) is 17.1. The Morgan fingerprint density at radius 2 is 1.70 bits per heavy atom. The van der Waals surface area contributed by atoms with Gasteiger partial charge in [-0.05, 0) is 37.0 Å². The minimum absolute atomic E-state index is 0.724. The minimum atomic E-state index is 0.724. The van der Waals surface area contributed by atoms with Crippen LogP contribution in [0.1, 0.15) is 32.3 Å². The van der Waals surface area contributed by atoms with Crippen molar-refractivity contribution in [1.82, 2.24) is 20.2 Å². The maximum atomic E-state index is 4.69. The van der Waals surface area contributed by atoms with Crippen molar-refractivity contribution in [2.24, 2.45) is 0 Å². The van der Waals surface area contributed by atoms with Crippen LogP contribution in [0.4, 0.5) is 11.8 Å². The van der Waals surface area contributed by atoms with Gasteiger partial charge < -0.3 is 9.80 Å². The summed E-state index contributed by atoms with van der Waals surface area (Å²) in [6.07, 6.45) is 8.48. The summed E-state index contributed by atoms with van der Waals surface area (Å²) in [5, 5.41) is 8.35. The summed E-state index contributed by atoms with van der Waals surface area (Å²) in [5.74, 6) is 1.59. The van der Waals surface area contributed by atoms with Gasteiger partial charge in [0.25, 0.3) is 0 Å². The van der Waals surface area contributed by atoms with E-state index in [2.05, 4.69) is 43.8 Å². The van der Waals surface area contributed by atoms with Gasteiger partial charge in [0.2, 0.25) is 5.95 Å². The molecule has 0 aliphatic carbocycles. The molecule has 0 radical (unpaired) electrons. The highest BCUT2D eigenvalue weighted by molar-refractivity contribution is 5.41. The van der Waals surface area contributed by atoms with Crippen LogP contribution < -0.4 is 9.80 Å². The summed E-state index contributed by atoms with van der Waals surface area (Å²) in [4.78, 5) is 13.1. The molecule has 0 atom stereocenters. The minimum Gasteiger partial charge on any atom is -0.358 e. The predicted octanol–water partition coefficient (Wildman–Crippen LogP) is 2.57. The van der Waals surface area contributed by atoms with E-state index in [1.54, 1.807) is 6.20 Å². The Hall–Kier alpha value is -2.24. The van der Waals surface area contributed by atoms with E-state index < -0.39 is 0 Å². The van der Waals surface area contributed by atoms with Crippen molar-refractivity contribution < 1.29 is 0 Å². The molecule has 6 heteroatoms. The molecular formula is C17H26N6. The first-order chi connectivity index (χ1) is 11.2. The number of likely N-dealkylation sites (N-methyl/N-ethyl adjacent to an activating group) is 1. The second-order valence-electron chi connectivity index (χ2n) is 5.63. The number of nitrogens with zero attached hydrogens (tertiary/aromatic N) is 6. The average molecular weight is 314 g/mol. The first-order valence-electron chi connectivity index (χ1n) is 8.29. The third-order valence-electron chi connectivity index (χ3n) is 3.68. The molecule has 2 heterocycles. The number of rotatable bonds is 9. The maximum absolute atomic E-state index is 4.69. The van der Waals surface area contributed by atoms with E-state index in [0.29, 0.717) is 0 Å². The van der Waals surface area contributed by atoms with Crippen molar-refractivity contribution in [2.45, 2.75) is 33.1 Å². The van der Waals surface area contributed by atoms with Crippen molar-refractivity contribution in [3.63, 3.8) is 0 Å². The molecule has 124 valence electrons. The number of anilines is 2. The Kier molecular flexibility index (Phi) is 6.72.